The van der Waals surface area contributed by atoms with Crippen molar-refractivity contribution in [3.63, 3.8) is 0 Å². The molecule has 1 unspecified atom stereocenters. The summed E-state index contributed by atoms with van der Waals surface area (Å²) in [6, 6.07) is -0.510. The van der Waals surface area contributed by atoms with Gasteiger partial charge in [-0.15, -0.1) is 0 Å². The lowest BCUT2D eigenvalue weighted by molar-refractivity contribution is -0.145. The Morgan fingerprint density at radius 1 is 0.933 bits per heavy atom. The topological polar surface area (TPSA) is 128 Å². The highest BCUT2D eigenvalue weighted by Gasteiger charge is 2.28. The average Bonchev–Trinajstić information content (AvgIpc) is 2.61. The van der Waals surface area contributed by atoms with E-state index in [1.54, 1.807) is 6.92 Å². The quantitative estimate of drug-likeness (QED) is 0.236. The third-order valence-corrected chi connectivity index (χ3v) is 6.75. The van der Waals surface area contributed by atoms with Crippen molar-refractivity contribution in [3.05, 3.63) is 21.8 Å². The molecule has 0 heterocycles. The molecule has 2 amide bonds. The number of anilines is 1. The lowest BCUT2D eigenvalue weighted by atomic mass is 10.1. The van der Waals surface area contributed by atoms with Gasteiger partial charge >= 0.3 is 11.9 Å². The first-order valence-corrected chi connectivity index (χ1v) is 11.8. The Morgan fingerprint density at radius 2 is 1.47 bits per heavy atom. The maximum absolute atomic E-state index is 12.9. The molecule has 1 rings (SSSR count). The molecule has 0 aliphatic carbocycles. The zero-order valence-electron chi connectivity index (χ0n) is 15.9. The second kappa shape index (κ2) is 12.3. The summed E-state index contributed by atoms with van der Waals surface area (Å²) in [5.74, 6) is -2.31. The van der Waals surface area contributed by atoms with E-state index in [0.717, 1.165) is 6.92 Å². The maximum atomic E-state index is 12.9. The highest BCUT2D eigenvalue weighted by molar-refractivity contribution is 14.1. The lowest BCUT2D eigenvalue weighted by Gasteiger charge is -2.20. The standard InChI is InChI=1S/C17H16ClI3N2O7/c1-6(4-29-7(2)24)22-17(28)11-12(19)10(16(18)27)13(20)15(14(11)21)23-9(26)5-30-8(3)25/h6H,4-5H2,1-3H3,(H,22,28)(H,23,26). The monoisotopic (exact) mass is 776 g/mol. The third-order valence-electron chi connectivity index (χ3n) is 3.33. The van der Waals surface area contributed by atoms with Gasteiger partial charge in [-0.2, -0.15) is 0 Å². The SMILES string of the molecule is CC(=O)OCC(=O)Nc1c(I)c(C(=O)Cl)c(I)c(C(=O)NC(C)COC(C)=O)c1I. The van der Waals surface area contributed by atoms with Crippen LogP contribution in [0.1, 0.15) is 41.5 Å². The minimum atomic E-state index is -0.808. The van der Waals surface area contributed by atoms with Crippen LogP contribution in [0.2, 0.25) is 0 Å². The van der Waals surface area contributed by atoms with E-state index in [9.17, 15) is 24.0 Å². The molecule has 1 atom stereocenters. The summed E-state index contributed by atoms with van der Waals surface area (Å²) in [7, 11) is 0. The molecule has 13 heteroatoms. The molecule has 0 saturated carbocycles. The number of esters is 2. The second-order valence-electron chi connectivity index (χ2n) is 5.85. The highest BCUT2D eigenvalue weighted by Crippen LogP contribution is 2.36. The summed E-state index contributed by atoms with van der Waals surface area (Å²) in [6.07, 6.45) is 0. The van der Waals surface area contributed by atoms with E-state index in [-0.39, 0.29) is 23.4 Å². The molecule has 1 aromatic carbocycles. The van der Waals surface area contributed by atoms with Crippen molar-refractivity contribution in [1.82, 2.24) is 5.32 Å². The molecule has 0 aliphatic rings. The number of carbonyl (C=O) groups is 5. The van der Waals surface area contributed by atoms with Crippen molar-refractivity contribution in [2.75, 3.05) is 18.5 Å². The van der Waals surface area contributed by atoms with Gasteiger partial charge in [-0.25, -0.2) is 0 Å². The molecule has 1 aromatic rings. The van der Waals surface area contributed by atoms with Gasteiger partial charge < -0.3 is 20.1 Å². The average molecular weight is 776 g/mol. The molecule has 0 saturated heterocycles. The summed E-state index contributed by atoms with van der Waals surface area (Å²) >= 11 is 11.3. The first-order valence-electron chi connectivity index (χ1n) is 8.14. The Bertz CT molecular complexity index is 908. The van der Waals surface area contributed by atoms with E-state index < -0.39 is 41.6 Å². The molecule has 30 heavy (non-hydrogen) atoms. The van der Waals surface area contributed by atoms with Gasteiger partial charge in [0.05, 0.1) is 30.0 Å². The lowest BCUT2D eigenvalue weighted by Crippen LogP contribution is -2.37. The molecular weight excluding hydrogens is 760 g/mol. The fourth-order valence-corrected chi connectivity index (χ4v) is 6.99. The number of hydrogen-bond donors (Lipinski definition) is 2. The van der Waals surface area contributed by atoms with Crippen molar-refractivity contribution in [3.8, 4) is 0 Å². The molecule has 0 aliphatic heterocycles. The molecule has 0 fully saturated rings. The number of hydrogen-bond acceptors (Lipinski definition) is 7. The predicted octanol–water partition coefficient (Wildman–Crippen LogP) is 3.06. The van der Waals surface area contributed by atoms with Gasteiger partial charge in [0.1, 0.15) is 6.61 Å². The van der Waals surface area contributed by atoms with Crippen molar-refractivity contribution in [1.29, 1.82) is 0 Å². The smallest absolute Gasteiger partial charge is 0.303 e. The number of benzene rings is 1. The normalized spacial score (nSPS) is 11.3. The van der Waals surface area contributed by atoms with Crippen LogP contribution in [0, 0.1) is 10.7 Å². The van der Waals surface area contributed by atoms with Crippen LogP contribution in [0.4, 0.5) is 5.69 Å². The fraction of sp³-hybridized carbons (Fsp3) is 0.353. The van der Waals surface area contributed by atoms with Crippen LogP contribution in [0.5, 0.6) is 0 Å². The number of rotatable bonds is 8. The first kappa shape index (κ1) is 27.3. The van der Waals surface area contributed by atoms with Gasteiger partial charge in [-0.3, -0.25) is 24.0 Å². The van der Waals surface area contributed by atoms with E-state index in [4.69, 9.17) is 16.3 Å². The largest absolute Gasteiger partial charge is 0.464 e. The summed E-state index contributed by atoms with van der Waals surface area (Å²) in [5.41, 5.74) is 0.368. The van der Waals surface area contributed by atoms with Crippen molar-refractivity contribution in [2.45, 2.75) is 26.8 Å². The number of ether oxygens (including phenoxy) is 2. The van der Waals surface area contributed by atoms with Gasteiger partial charge in [0.25, 0.3) is 17.1 Å². The summed E-state index contributed by atoms with van der Waals surface area (Å²) in [6.45, 7) is 3.49. The molecule has 0 radical (unpaired) electrons. The van der Waals surface area contributed by atoms with Crippen molar-refractivity contribution < 1.29 is 33.4 Å². The molecule has 0 spiro atoms. The molecule has 0 aromatic heterocycles. The highest BCUT2D eigenvalue weighted by atomic mass is 127. The van der Waals surface area contributed by atoms with Gasteiger partial charge in [0.15, 0.2) is 6.61 Å². The zero-order chi connectivity index (χ0) is 23.2. The Morgan fingerprint density at radius 3 is 1.97 bits per heavy atom. The number of carbonyl (C=O) groups excluding carboxylic acids is 5. The minimum Gasteiger partial charge on any atom is -0.464 e. The van der Waals surface area contributed by atoms with Gasteiger partial charge in [-0.05, 0) is 86.3 Å². The minimum absolute atomic E-state index is 0.0358. The van der Waals surface area contributed by atoms with Crippen LogP contribution >= 0.6 is 79.4 Å². The van der Waals surface area contributed by atoms with Crippen LogP contribution in [0.25, 0.3) is 0 Å². The second-order valence-corrected chi connectivity index (χ2v) is 9.43. The Balaban J connectivity index is 3.34. The maximum Gasteiger partial charge on any atom is 0.303 e. The van der Waals surface area contributed by atoms with Crippen molar-refractivity contribution in [2.24, 2.45) is 0 Å². The summed E-state index contributed by atoms with van der Waals surface area (Å²) in [4.78, 5) is 58.9. The molecule has 164 valence electrons. The van der Waals surface area contributed by atoms with Crippen LogP contribution in [0.3, 0.4) is 0 Å². The fourth-order valence-electron chi connectivity index (χ4n) is 2.07. The van der Waals surface area contributed by atoms with Gasteiger partial charge in [-0.1, -0.05) is 0 Å². The molecule has 0 bridgehead atoms. The van der Waals surface area contributed by atoms with Crippen LogP contribution in [-0.4, -0.2) is 48.3 Å². The molecule has 9 nitrogen and oxygen atoms in total. The van der Waals surface area contributed by atoms with E-state index in [1.165, 1.54) is 6.92 Å². The van der Waals surface area contributed by atoms with Gasteiger partial charge in [0, 0.05) is 17.4 Å². The van der Waals surface area contributed by atoms with E-state index in [0.29, 0.717) is 10.7 Å². The Hall–Kier alpha value is -0.750. The van der Waals surface area contributed by atoms with E-state index in [2.05, 4.69) is 15.4 Å². The van der Waals surface area contributed by atoms with Crippen molar-refractivity contribution >= 4 is 114 Å². The van der Waals surface area contributed by atoms with Crippen LogP contribution in [-0.2, 0) is 23.9 Å². The van der Waals surface area contributed by atoms with Crippen LogP contribution in [0.15, 0.2) is 0 Å². The predicted molar refractivity (Wildman–Crippen MR) is 134 cm³/mol. The number of amides is 2. The van der Waals surface area contributed by atoms with Gasteiger partial charge in [0.2, 0.25) is 0 Å². The summed E-state index contributed by atoms with van der Waals surface area (Å²) < 4.78 is 10.5. The van der Waals surface area contributed by atoms with E-state index >= 15 is 0 Å². The Labute approximate surface area is 218 Å². The Kier molecular flexibility index (Phi) is 11.2. The zero-order valence-corrected chi connectivity index (χ0v) is 23.1. The number of nitrogens with one attached hydrogen (secondary N) is 2. The number of halogens is 4. The van der Waals surface area contributed by atoms with Crippen LogP contribution < -0.4 is 10.6 Å². The first-order chi connectivity index (χ1) is 13.9. The van der Waals surface area contributed by atoms with E-state index in [1.807, 2.05) is 67.8 Å². The molecular formula is C17H16ClI3N2O7. The summed E-state index contributed by atoms with van der Waals surface area (Å²) in [5, 5.41) is 4.42. The molecule has 2 N–H and O–H groups in total. The third kappa shape index (κ3) is 7.74.